The third-order valence-electron chi connectivity index (χ3n) is 7.09. The number of carbonyl (C=O) groups excluding carboxylic acids is 3. The van der Waals surface area contributed by atoms with Crippen LogP contribution in [0.2, 0.25) is 5.02 Å². The summed E-state index contributed by atoms with van der Waals surface area (Å²) in [5.74, 6) is -0.703. The van der Waals surface area contributed by atoms with E-state index in [4.69, 9.17) is 16.3 Å². The van der Waals surface area contributed by atoms with Crippen molar-refractivity contribution in [1.29, 1.82) is 0 Å². The molecular formula is C30H39ClN4O5. The molecule has 0 aliphatic carbocycles. The summed E-state index contributed by atoms with van der Waals surface area (Å²) in [6.45, 7) is 4.29. The van der Waals surface area contributed by atoms with Gasteiger partial charge in [0.2, 0.25) is 17.7 Å². The van der Waals surface area contributed by atoms with Crippen LogP contribution >= 0.6 is 11.6 Å². The number of hydrogen-bond donors (Lipinski definition) is 4. The fourth-order valence-corrected chi connectivity index (χ4v) is 4.57. The quantitative estimate of drug-likeness (QED) is 0.438. The zero-order valence-corrected chi connectivity index (χ0v) is 24.0. The first kappa shape index (κ1) is 31.1. The topological polar surface area (TPSA) is 120 Å². The van der Waals surface area contributed by atoms with Gasteiger partial charge in [0.15, 0.2) is 0 Å². The molecule has 3 amide bonds. The first-order valence-corrected chi connectivity index (χ1v) is 13.9. The number of hydrogen-bond acceptors (Lipinski definition) is 6. The average Bonchev–Trinajstić information content (AvgIpc) is 2.95. The van der Waals surface area contributed by atoms with Crippen LogP contribution in [0.25, 0.3) is 6.08 Å². The number of likely N-dealkylation sites (N-methyl/N-ethyl adjacent to an activating group) is 1. The van der Waals surface area contributed by atoms with E-state index in [1.54, 1.807) is 24.3 Å². The van der Waals surface area contributed by atoms with Crippen LogP contribution < -0.4 is 20.7 Å². The van der Waals surface area contributed by atoms with Crippen LogP contribution in [0.1, 0.15) is 31.4 Å². The molecule has 1 aliphatic heterocycles. The molecule has 4 N–H and O–H groups in total. The smallest absolute Gasteiger partial charge is 0.245 e. The predicted molar refractivity (Wildman–Crippen MR) is 156 cm³/mol. The highest BCUT2D eigenvalue weighted by atomic mass is 35.5. The number of nitrogens with one attached hydrogen (secondary N) is 3. The van der Waals surface area contributed by atoms with Gasteiger partial charge < -0.3 is 30.7 Å². The molecule has 40 heavy (non-hydrogen) atoms. The summed E-state index contributed by atoms with van der Waals surface area (Å²) < 4.78 is 5.99. The number of fused-ring (bicyclic) bond motifs is 1. The predicted octanol–water partition coefficient (Wildman–Crippen LogP) is 2.41. The molecule has 4 atom stereocenters. The van der Waals surface area contributed by atoms with E-state index in [-0.39, 0.29) is 24.8 Å². The molecule has 0 fully saturated rings. The Kier molecular flexibility index (Phi) is 12.0. The Morgan fingerprint density at radius 3 is 2.52 bits per heavy atom. The molecule has 1 aliphatic rings. The third-order valence-corrected chi connectivity index (χ3v) is 7.34. The number of rotatable bonds is 5. The molecule has 2 aromatic rings. The Bertz CT molecular complexity index is 1170. The molecule has 216 valence electrons. The zero-order chi connectivity index (χ0) is 29.1. The monoisotopic (exact) mass is 570 g/mol. The summed E-state index contributed by atoms with van der Waals surface area (Å²) >= 11 is 6.01. The molecule has 1 unspecified atom stereocenters. The summed E-state index contributed by atoms with van der Waals surface area (Å²) in [7, 11) is 1.49. The number of para-hydroxylation sites is 1. The largest absolute Gasteiger partial charge is 0.492 e. The Hall–Kier alpha value is -3.40. The zero-order valence-electron chi connectivity index (χ0n) is 23.2. The lowest BCUT2D eigenvalue weighted by Crippen LogP contribution is -2.59. The Morgan fingerprint density at radius 1 is 1.10 bits per heavy atom. The van der Waals surface area contributed by atoms with Crippen LogP contribution in [0.15, 0.2) is 54.6 Å². The average molecular weight is 571 g/mol. The van der Waals surface area contributed by atoms with Gasteiger partial charge in [0.25, 0.3) is 0 Å². The molecule has 0 radical (unpaired) electrons. The maximum Gasteiger partial charge on any atom is 0.245 e. The van der Waals surface area contributed by atoms with E-state index in [1.165, 1.54) is 11.9 Å². The van der Waals surface area contributed by atoms with Crippen LogP contribution in [-0.2, 0) is 20.8 Å². The summed E-state index contributed by atoms with van der Waals surface area (Å²) in [6, 6.07) is 11.8. The normalized spacial score (nSPS) is 23.1. The van der Waals surface area contributed by atoms with Gasteiger partial charge in [-0.05, 0) is 29.7 Å². The number of amides is 3. The van der Waals surface area contributed by atoms with Gasteiger partial charge in [-0.2, -0.15) is 0 Å². The summed E-state index contributed by atoms with van der Waals surface area (Å²) in [5.41, 5.74) is 1.64. The minimum atomic E-state index is -1.18. The lowest BCUT2D eigenvalue weighted by Gasteiger charge is -2.33. The van der Waals surface area contributed by atoms with Gasteiger partial charge in [-0.3, -0.25) is 14.4 Å². The van der Waals surface area contributed by atoms with Crippen molar-refractivity contribution in [3.8, 4) is 5.75 Å². The Balaban J connectivity index is 1.92. The fraction of sp³-hybridized carbons (Fsp3) is 0.433. The first-order chi connectivity index (χ1) is 19.2. The second kappa shape index (κ2) is 15.4. The van der Waals surface area contributed by atoms with Crippen molar-refractivity contribution in [1.82, 2.24) is 20.9 Å². The molecule has 9 nitrogen and oxygen atoms in total. The van der Waals surface area contributed by atoms with Crippen LogP contribution in [-0.4, -0.2) is 79.2 Å². The van der Waals surface area contributed by atoms with Gasteiger partial charge in [-0.1, -0.05) is 74.4 Å². The van der Waals surface area contributed by atoms with Crippen molar-refractivity contribution in [3.05, 3.63) is 70.8 Å². The number of benzene rings is 2. The van der Waals surface area contributed by atoms with E-state index < -0.39 is 36.5 Å². The van der Waals surface area contributed by atoms with Gasteiger partial charge in [-0.15, -0.1) is 0 Å². The third kappa shape index (κ3) is 8.55. The van der Waals surface area contributed by atoms with Crippen molar-refractivity contribution in [2.75, 3.05) is 33.4 Å². The van der Waals surface area contributed by atoms with Gasteiger partial charge in [-0.25, -0.2) is 0 Å². The first-order valence-electron chi connectivity index (χ1n) is 13.6. The summed E-state index contributed by atoms with van der Waals surface area (Å²) in [5, 5.41) is 19.6. The van der Waals surface area contributed by atoms with E-state index in [1.807, 2.05) is 50.3 Å². The van der Waals surface area contributed by atoms with E-state index >= 15 is 0 Å². The molecule has 0 spiro atoms. The highest BCUT2D eigenvalue weighted by Crippen LogP contribution is 2.20. The molecular weight excluding hydrogens is 532 g/mol. The second-order valence-electron chi connectivity index (χ2n) is 9.89. The molecule has 1 heterocycles. The lowest BCUT2D eigenvalue weighted by atomic mass is 9.97. The van der Waals surface area contributed by atoms with E-state index in [2.05, 4.69) is 16.0 Å². The number of halogens is 1. The summed E-state index contributed by atoms with van der Waals surface area (Å²) in [4.78, 5) is 41.4. The fourth-order valence-electron chi connectivity index (χ4n) is 4.45. The van der Waals surface area contributed by atoms with Crippen LogP contribution in [0, 0.1) is 5.92 Å². The van der Waals surface area contributed by atoms with Gasteiger partial charge in [0.05, 0.1) is 12.6 Å². The van der Waals surface area contributed by atoms with Crippen molar-refractivity contribution >= 4 is 35.4 Å². The molecule has 0 bridgehead atoms. The van der Waals surface area contributed by atoms with Crippen molar-refractivity contribution in [3.63, 3.8) is 0 Å². The number of ether oxygens (including phenoxy) is 1. The van der Waals surface area contributed by atoms with Crippen LogP contribution in [0.4, 0.5) is 0 Å². The number of aliphatic hydroxyl groups is 1. The van der Waals surface area contributed by atoms with E-state index in [9.17, 15) is 19.5 Å². The highest BCUT2D eigenvalue weighted by Gasteiger charge is 2.34. The van der Waals surface area contributed by atoms with Gasteiger partial charge >= 0.3 is 0 Å². The van der Waals surface area contributed by atoms with Crippen molar-refractivity contribution < 1.29 is 24.2 Å². The highest BCUT2D eigenvalue weighted by molar-refractivity contribution is 6.30. The molecule has 3 rings (SSSR count). The Morgan fingerprint density at radius 2 is 1.82 bits per heavy atom. The maximum atomic E-state index is 13.6. The van der Waals surface area contributed by atoms with Crippen LogP contribution in [0.5, 0.6) is 5.75 Å². The molecule has 0 saturated carbocycles. The van der Waals surface area contributed by atoms with Crippen molar-refractivity contribution in [2.24, 2.45) is 5.92 Å². The van der Waals surface area contributed by atoms with Crippen LogP contribution in [0.3, 0.4) is 0 Å². The second-order valence-corrected chi connectivity index (χ2v) is 10.3. The molecule has 2 aromatic carbocycles. The minimum absolute atomic E-state index is 0.0402. The van der Waals surface area contributed by atoms with Crippen molar-refractivity contribution in [2.45, 2.75) is 44.8 Å². The molecule has 0 saturated heterocycles. The number of nitrogens with zero attached hydrogens (tertiary/aromatic N) is 1. The maximum absolute atomic E-state index is 13.6. The van der Waals surface area contributed by atoms with E-state index in [0.717, 1.165) is 17.5 Å². The molecule has 10 heteroatoms. The number of carbonyl (C=O) groups is 3. The lowest BCUT2D eigenvalue weighted by molar-refractivity contribution is -0.143. The molecule has 0 aromatic heterocycles. The Labute approximate surface area is 240 Å². The SMILES string of the molecule is CCC(C)[C@@H]1NCCOc2ccccc2/C=C/CNC(=O)[C@@H](Cc2ccc(Cl)cc2)NC(=O)[C@H](CO)N(C)C1=O. The van der Waals surface area contributed by atoms with E-state index in [0.29, 0.717) is 23.9 Å². The standard InChI is InChI=1S/C30H39ClN4O5/c1-4-20(2)27-30(39)35(3)25(19-36)29(38)34-24(18-21-11-13-23(31)14-12-21)28(37)33-15-7-9-22-8-5-6-10-26(22)40-17-16-32-27/h5-14,20,24-25,27,32,36H,4,15-19H2,1-3H3,(H,33,37)(H,34,38)/b9-7+/t20?,24-,25+,27+/m1/s1. The minimum Gasteiger partial charge on any atom is -0.492 e. The van der Waals surface area contributed by atoms with Gasteiger partial charge in [0.1, 0.15) is 24.4 Å². The number of aliphatic hydroxyl groups excluding tert-OH is 1. The van der Waals surface area contributed by atoms with Gasteiger partial charge in [0, 0.05) is 37.1 Å². The summed E-state index contributed by atoms with van der Waals surface area (Å²) in [6.07, 6.45) is 4.60.